The molecule has 1 aliphatic carbocycles. The molecule has 21 heavy (non-hydrogen) atoms. The fourth-order valence-electron chi connectivity index (χ4n) is 3.26. The van der Waals surface area contributed by atoms with Crippen molar-refractivity contribution in [1.29, 1.82) is 0 Å². The molecule has 1 aromatic carbocycles. The lowest BCUT2D eigenvalue weighted by atomic mass is 9.79. The summed E-state index contributed by atoms with van der Waals surface area (Å²) in [5, 5.41) is 0. The van der Waals surface area contributed by atoms with Crippen molar-refractivity contribution in [2.24, 2.45) is 0 Å². The highest BCUT2D eigenvalue weighted by Crippen LogP contribution is 2.36. The minimum Gasteiger partial charge on any atom is -0.373 e. The maximum atomic E-state index is 12.7. The van der Waals surface area contributed by atoms with Crippen LogP contribution in [0.5, 0.6) is 0 Å². The SMILES string of the molecule is Cc1ccc(S(=O)(=O)NC2(CC3CO3)CCCCC2)cc1. The lowest BCUT2D eigenvalue weighted by Crippen LogP contribution is -2.50. The van der Waals surface area contributed by atoms with Gasteiger partial charge in [-0.25, -0.2) is 13.1 Å². The summed E-state index contributed by atoms with van der Waals surface area (Å²) < 4.78 is 33.7. The molecule has 0 bridgehead atoms. The molecule has 1 aromatic rings. The van der Waals surface area contributed by atoms with Crippen LogP contribution < -0.4 is 4.72 Å². The van der Waals surface area contributed by atoms with Gasteiger partial charge < -0.3 is 4.74 Å². The molecule has 5 heteroatoms. The van der Waals surface area contributed by atoms with Crippen molar-refractivity contribution in [2.75, 3.05) is 6.61 Å². The Balaban J connectivity index is 1.81. The number of epoxide rings is 1. The standard InChI is InChI=1S/C16H23NO3S/c1-13-5-7-15(8-6-13)21(18,19)17-16(11-14-12-20-14)9-3-2-4-10-16/h5-8,14,17H,2-4,9-12H2,1H3. The van der Waals surface area contributed by atoms with Crippen LogP contribution in [0.2, 0.25) is 0 Å². The summed E-state index contributed by atoms with van der Waals surface area (Å²) >= 11 is 0. The normalized spacial score (nSPS) is 24.7. The molecule has 3 rings (SSSR count). The van der Waals surface area contributed by atoms with Crippen LogP contribution in [-0.4, -0.2) is 26.7 Å². The molecule has 0 spiro atoms. The van der Waals surface area contributed by atoms with Gasteiger partial charge >= 0.3 is 0 Å². The Hall–Kier alpha value is -0.910. The van der Waals surface area contributed by atoms with Crippen LogP contribution in [0.25, 0.3) is 0 Å². The second kappa shape index (κ2) is 5.71. The molecule has 0 aromatic heterocycles. The van der Waals surface area contributed by atoms with Crippen molar-refractivity contribution in [3.8, 4) is 0 Å². The van der Waals surface area contributed by atoms with Gasteiger partial charge in [-0.15, -0.1) is 0 Å². The molecule has 116 valence electrons. The zero-order valence-electron chi connectivity index (χ0n) is 12.5. The fraction of sp³-hybridized carbons (Fsp3) is 0.625. The van der Waals surface area contributed by atoms with E-state index in [0.717, 1.165) is 44.3 Å². The van der Waals surface area contributed by atoms with Crippen molar-refractivity contribution >= 4 is 10.0 Å². The summed E-state index contributed by atoms with van der Waals surface area (Å²) in [6, 6.07) is 7.04. The maximum Gasteiger partial charge on any atom is 0.241 e. The Labute approximate surface area is 126 Å². The Morgan fingerprint density at radius 2 is 1.81 bits per heavy atom. The minimum atomic E-state index is -3.46. The predicted molar refractivity (Wildman–Crippen MR) is 81.7 cm³/mol. The second-order valence-corrected chi connectivity index (χ2v) is 8.10. The Morgan fingerprint density at radius 3 is 2.38 bits per heavy atom. The fourth-order valence-corrected chi connectivity index (χ4v) is 4.73. The second-order valence-electron chi connectivity index (χ2n) is 6.42. The van der Waals surface area contributed by atoms with Gasteiger partial charge in [0.1, 0.15) is 0 Å². The number of hydrogen-bond donors (Lipinski definition) is 1. The Kier molecular flexibility index (Phi) is 4.08. The summed E-state index contributed by atoms with van der Waals surface area (Å²) in [6.45, 7) is 2.73. The molecular formula is C16H23NO3S. The number of sulfonamides is 1. The summed E-state index contributed by atoms with van der Waals surface area (Å²) in [4.78, 5) is 0.356. The monoisotopic (exact) mass is 309 g/mol. The van der Waals surface area contributed by atoms with Crippen molar-refractivity contribution in [2.45, 2.75) is 62.0 Å². The van der Waals surface area contributed by atoms with E-state index in [-0.39, 0.29) is 11.6 Å². The zero-order valence-corrected chi connectivity index (χ0v) is 13.3. The van der Waals surface area contributed by atoms with Crippen molar-refractivity contribution < 1.29 is 13.2 Å². The van der Waals surface area contributed by atoms with E-state index in [9.17, 15) is 8.42 Å². The third-order valence-corrected chi connectivity index (χ3v) is 6.11. The van der Waals surface area contributed by atoms with E-state index < -0.39 is 10.0 Å². The van der Waals surface area contributed by atoms with Crippen LogP contribution in [0.4, 0.5) is 0 Å². The van der Waals surface area contributed by atoms with Gasteiger partial charge in [0.15, 0.2) is 0 Å². The largest absolute Gasteiger partial charge is 0.373 e. The highest BCUT2D eigenvalue weighted by Gasteiger charge is 2.41. The van der Waals surface area contributed by atoms with Crippen LogP contribution in [0, 0.1) is 6.92 Å². The molecule has 1 unspecified atom stereocenters. The number of ether oxygens (including phenoxy) is 1. The molecule has 1 atom stereocenters. The highest BCUT2D eigenvalue weighted by atomic mass is 32.2. The Bertz CT molecular complexity index is 584. The van der Waals surface area contributed by atoms with Gasteiger partial charge in [0, 0.05) is 5.54 Å². The Morgan fingerprint density at radius 1 is 1.19 bits per heavy atom. The van der Waals surface area contributed by atoms with E-state index in [4.69, 9.17) is 4.74 Å². The predicted octanol–water partition coefficient (Wildman–Crippen LogP) is 2.77. The molecule has 1 saturated carbocycles. The van der Waals surface area contributed by atoms with Crippen molar-refractivity contribution in [3.63, 3.8) is 0 Å². The first-order chi connectivity index (χ1) is 9.99. The van der Waals surface area contributed by atoms with E-state index in [0.29, 0.717) is 4.90 Å². The van der Waals surface area contributed by atoms with Gasteiger partial charge in [0.05, 0.1) is 17.6 Å². The van der Waals surface area contributed by atoms with Gasteiger partial charge in [-0.3, -0.25) is 0 Å². The summed E-state index contributed by atoms with van der Waals surface area (Å²) in [5.41, 5.74) is 0.746. The molecule has 2 fully saturated rings. The lowest BCUT2D eigenvalue weighted by molar-refractivity contribution is 0.226. The third kappa shape index (κ3) is 3.65. The highest BCUT2D eigenvalue weighted by molar-refractivity contribution is 7.89. The number of aryl methyl sites for hydroxylation is 1. The summed E-state index contributed by atoms with van der Waals surface area (Å²) in [5.74, 6) is 0. The number of nitrogens with one attached hydrogen (secondary N) is 1. The van der Waals surface area contributed by atoms with Gasteiger partial charge in [0.25, 0.3) is 0 Å². The maximum absolute atomic E-state index is 12.7. The first-order valence-corrected chi connectivity index (χ1v) is 9.20. The third-order valence-electron chi connectivity index (χ3n) is 4.51. The molecule has 1 aliphatic heterocycles. The average molecular weight is 309 g/mol. The lowest BCUT2D eigenvalue weighted by Gasteiger charge is -2.37. The number of hydrogen-bond acceptors (Lipinski definition) is 3. The van der Waals surface area contributed by atoms with Gasteiger partial charge in [-0.1, -0.05) is 37.0 Å². The average Bonchev–Trinajstić information content (AvgIpc) is 3.23. The smallest absolute Gasteiger partial charge is 0.241 e. The van der Waals surface area contributed by atoms with Crippen LogP contribution in [0.3, 0.4) is 0 Å². The van der Waals surface area contributed by atoms with E-state index >= 15 is 0 Å². The number of benzene rings is 1. The van der Waals surface area contributed by atoms with Gasteiger partial charge in [-0.2, -0.15) is 0 Å². The number of rotatable bonds is 5. The van der Waals surface area contributed by atoms with Crippen LogP contribution >= 0.6 is 0 Å². The molecule has 1 N–H and O–H groups in total. The molecule has 0 radical (unpaired) electrons. The van der Waals surface area contributed by atoms with Crippen LogP contribution in [-0.2, 0) is 14.8 Å². The van der Waals surface area contributed by atoms with E-state index in [1.807, 2.05) is 19.1 Å². The van der Waals surface area contributed by atoms with Crippen molar-refractivity contribution in [1.82, 2.24) is 4.72 Å². The first kappa shape index (κ1) is 15.0. The first-order valence-electron chi connectivity index (χ1n) is 7.71. The summed E-state index contributed by atoms with van der Waals surface area (Å²) in [7, 11) is -3.46. The molecular weight excluding hydrogens is 286 g/mol. The summed E-state index contributed by atoms with van der Waals surface area (Å²) in [6.07, 6.45) is 6.24. The molecule has 0 amide bonds. The van der Waals surface area contributed by atoms with E-state index in [1.165, 1.54) is 6.42 Å². The van der Waals surface area contributed by atoms with Crippen LogP contribution in [0.15, 0.2) is 29.2 Å². The quantitative estimate of drug-likeness (QED) is 0.851. The molecule has 4 nitrogen and oxygen atoms in total. The van der Waals surface area contributed by atoms with Crippen molar-refractivity contribution in [3.05, 3.63) is 29.8 Å². The molecule has 1 saturated heterocycles. The minimum absolute atomic E-state index is 0.240. The topological polar surface area (TPSA) is 58.7 Å². The van der Waals surface area contributed by atoms with E-state index in [2.05, 4.69) is 4.72 Å². The van der Waals surface area contributed by atoms with E-state index in [1.54, 1.807) is 12.1 Å². The van der Waals surface area contributed by atoms with Crippen LogP contribution in [0.1, 0.15) is 44.1 Å². The molecule has 1 heterocycles. The van der Waals surface area contributed by atoms with Gasteiger partial charge in [0.2, 0.25) is 10.0 Å². The van der Waals surface area contributed by atoms with Gasteiger partial charge in [-0.05, 0) is 38.3 Å². The zero-order chi connectivity index (χ0) is 14.9. The molecule has 2 aliphatic rings.